The lowest BCUT2D eigenvalue weighted by atomic mass is 9.82. The molecule has 1 unspecified atom stereocenters. The fourth-order valence-corrected chi connectivity index (χ4v) is 2.54. The topological polar surface area (TPSA) is 58.2 Å². The summed E-state index contributed by atoms with van der Waals surface area (Å²) in [5.74, 6) is -0.271. The van der Waals surface area contributed by atoms with Crippen LogP contribution in [0.1, 0.15) is 32.4 Å². The van der Waals surface area contributed by atoms with E-state index in [2.05, 4.69) is 30.8 Å². The Morgan fingerprint density at radius 3 is 2.40 bits per heavy atom. The van der Waals surface area contributed by atoms with Crippen LogP contribution < -0.4 is 10.0 Å². The van der Waals surface area contributed by atoms with Crippen molar-refractivity contribution in [2.45, 2.75) is 26.8 Å². The minimum atomic E-state index is -3.18. The average Bonchev–Trinajstić information content (AvgIpc) is 2.25. The van der Waals surface area contributed by atoms with Gasteiger partial charge in [-0.05, 0) is 23.1 Å². The van der Waals surface area contributed by atoms with Gasteiger partial charge in [0.1, 0.15) is 5.82 Å². The third-order valence-corrected chi connectivity index (χ3v) is 3.61. The second kappa shape index (κ2) is 6.65. The molecule has 2 N–H and O–H groups in total. The standard InChI is InChI=1S/C14H23FN2O2S/c1-14(2,3)13(11-6-5-7-12(15)10-11)16-8-9-17-20(4,18)19/h5-7,10,13,16-17H,8-9H2,1-4H3. The van der Waals surface area contributed by atoms with E-state index >= 15 is 0 Å². The summed E-state index contributed by atoms with van der Waals surface area (Å²) in [5.41, 5.74) is 0.746. The number of benzene rings is 1. The molecular weight excluding hydrogens is 279 g/mol. The van der Waals surface area contributed by atoms with Crippen molar-refractivity contribution < 1.29 is 12.8 Å². The molecule has 1 atom stereocenters. The van der Waals surface area contributed by atoms with Crippen molar-refractivity contribution in [3.63, 3.8) is 0 Å². The van der Waals surface area contributed by atoms with E-state index in [9.17, 15) is 12.8 Å². The lowest BCUT2D eigenvalue weighted by Gasteiger charge is -2.32. The zero-order chi connectivity index (χ0) is 15.4. The van der Waals surface area contributed by atoms with E-state index in [0.717, 1.165) is 11.8 Å². The van der Waals surface area contributed by atoms with Crippen molar-refractivity contribution in [3.05, 3.63) is 35.6 Å². The molecule has 4 nitrogen and oxygen atoms in total. The van der Waals surface area contributed by atoms with Gasteiger partial charge in [0.25, 0.3) is 0 Å². The summed E-state index contributed by atoms with van der Waals surface area (Å²) in [7, 11) is -3.18. The van der Waals surface area contributed by atoms with E-state index in [4.69, 9.17) is 0 Å². The number of hydrogen-bond donors (Lipinski definition) is 2. The van der Waals surface area contributed by atoms with Gasteiger partial charge in [0.05, 0.1) is 6.26 Å². The van der Waals surface area contributed by atoms with Crippen LogP contribution in [0, 0.1) is 11.2 Å². The first-order valence-corrected chi connectivity index (χ1v) is 8.42. The Morgan fingerprint density at radius 1 is 1.25 bits per heavy atom. The molecule has 1 aromatic carbocycles. The normalized spacial score (nSPS) is 14.2. The summed E-state index contributed by atoms with van der Waals surface area (Å²) >= 11 is 0. The molecular formula is C14H23FN2O2S. The predicted molar refractivity (Wildman–Crippen MR) is 79.4 cm³/mol. The fourth-order valence-electron chi connectivity index (χ4n) is 2.06. The molecule has 0 saturated heterocycles. The maximum atomic E-state index is 13.3. The van der Waals surface area contributed by atoms with Crippen LogP contribution in [0.2, 0.25) is 0 Å². The quantitative estimate of drug-likeness (QED) is 0.791. The van der Waals surface area contributed by atoms with Crippen LogP contribution >= 0.6 is 0 Å². The summed E-state index contributed by atoms with van der Waals surface area (Å²) in [6.45, 7) is 6.95. The van der Waals surface area contributed by atoms with Gasteiger partial charge < -0.3 is 5.32 Å². The number of sulfonamides is 1. The summed E-state index contributed by atoms with van der Waals surface area (Å²) in [6, 6.07) is 6.41. The van der Waals surface area contributed by atoms with Crippen molar-refractivity contribution in [3.8, 4) is 0 Å². The molecule has 0 aliphatic rings. The van der Waals surface area contributed by atoms with Crippen molar-refractivity contribution in [1.82, 2.24) is 10.0 Å². The minimum Gasteiger partial charge on any atom is -0.308 e. The molecule has 6 heteroatoms. The molecule has 0 heterocycles. The highest BCUT2D eigenvalue weighted by Crippen LogP contribution is 2.32. The van der Waals surface area contributed by atoms with Gasteiger partial charge >= 0.3 is 0 Å². The first kappa shape index (κ1) is 17.1. The first-order chi connectivity index (χ1) is 9.09. The van der Waals surface area contributed by atoms with Gasteiger partial charge in [0, 0.05) is 19.1 Å². The van der Waals surface area contributed by atoms with Crippen molar-refractivity contribution >= 4 is 10.0 Å². The second-order valence-corrected chi connectivity index (χ2v) is 7.81. The molecule has 0 aliphatic heterocycles. The van der Waals surface area contributed by atoms with E-state index in [1.54, 1.807) is 6.07 Å². The van der Waals surface area contributed by atoms with Gasteiger partial charge in [-0.2, -0.15) is 0 Å². The Labute approximate surface area is 120 Å². The third kappa shape index (κ3) is 5.98. The molecule has 1 rings (SSSR count). The van der Waals surface area contributed by atoms with Gasteiger partial charge in [-0.15, -0.1) is 0 Å². The highest BCUT2D eigenvalue weighted by molar-refractivity contribution is 7.88. The second-order valence-electron chi connectivity index (χ2n) is 5.97. The van der Waals surface area contributed by atoms with Crippen molar-refractivity contribution in [2.24, 2.45) is 5.41 Å². The lowest BCUT2D eigenvalue weighted by molar-refractivity contribution is 0.274. The van der Waals surface area contributed by atoms with Crippen molar-refractivity contribution in [2.75, 3.05) is 19.3 Å². The summed E-state index contributed by atoms with van der Waals surface area (Å²) in [6.07, 6.45) is 1.13. The van der Waals surface area contributed by atoms with Gasteiger partial charge in [0.2, 0.25) is 10.0 Å². The van der Waals surface area contributed by atoms with Crippen LogP contribution in [0.25, 0.3) is 0 Å². The monoisotopic (exact) mass is 302 g/mol. The van der Waals surface area contributed by atoms with Crippen LogP contribution in [-0.4, -0.2) is 27.8 Å². The molecule has 0 aromatic heterocycles. The molecule has 0 aliphatic carbocycles. The zero-order valence-corrected chi connectivity index (χ0v) is 13.2. The summed E-state index contributed by atoms with van der Waals surface area (Å²) < 4.78 is 37.8. The Morgan fingerprint density at radius 2 is 1.90 bits per heavy atom. The smallest absolute Gasteiger partial charge is 0.208 e. The van der Waals surface area contributed by atoms with Gasteiger partial charge in [-0.1, -0.05) is 32.9 Å². The molecule has 0 bridgehead atoms. The molecule has 0 amide bonds. The van der Waals surface area contributed by atoms with Crippen molar-refractivity contribution in [1.29, 1.82) is 0 Å². The van der Waals surface area contributed by atoms with E-state index in [-0.39, 0.29) is 17.3 Å². The van der Waals surface area contributed by atoms with Gasteiger partial charge in [-0.25, -0.2) is 17.5 Å². The molecule has 0 fully saturated rings. The summed E-state index contributed by atoms with van der Waals surface area (Å²) in [5, 5.41) is 3.28. The number of halogens is 1. The molecule has 20 heavy (non-hydrogen) atoms. The van der Waals surface area contributed by atoms with Gasteiger partial charge in [0.15, 0.2) is 0 Å². The number of hydrogen-bond acceptors (Lipinski definition) is 3. The Balaban J connectivity index is 2.72. The van der Waals surface area contributed by atoms with E-state index in [0.29, 0.717) is 13.1 Å². The van der Waals surface area contributed by atoms with E-state index in [1.165, 1.54) is 12.1 Å². The van der Waals surface area contributed by atoms with Crippen LogP contribution in [0.5, 0.6) is 0 Å². The maximum Gasteiger partial charge on any atom is 0.208 e. The third-order valence-electron chi connectivity index (χ3n) is 2.89. The zero-order valence-electron chi connectivity index (χ0n) is 12.4. The summed E-state index contributed by atoms with van der Waals surface area (Å²) in [4.78, 5) is 0. The number of rotatable bonds is 6. The minimum absolute atomic E-state index is 0.0560. The lowest BCUT2D eigenvalue weighted by Crippen LogP contribution is -2.37. The SMILES string of the molecule is CC(C)(C)C(NCCNS(C)(=O)=O)c1cccc(F)c1. The largest absolute Gasteiger partial charge is 0.308 e. The molecule has 0 spiro atoms. The van der Waals surface area contributed by atoms with Crippen LogP contribution in [0.3, 0.4) is 0 Å². The molecule has 0 saturated carbocycles. The highest BCUT2D eigenvalue weighted by atomic mass is 32.2. The Hall–Kier alpha value is -0.980. The molecule has 1 aromatic rings. The van der Waals surface area contributed by atoms with Gasteiger partial charge in [-0.3, -0.25) is 0 Å². The molecule has 114 valence electrons. The van der Waals surface area contributed by atoms with E-state index < -0.39 is 10.0 Å². The average molecular weight is 302 g/mol. The fraction of sp³-hybridized carbons (Fsp3) is 0.571. The highest BCUT2D eigenvalue weighted by Gasteiger charge is 2.25. The van der Waals surface area contributed by atoms with Crippen LogP contribution in [-0.2, 0) is 10.0 Å². The maximum absolute atomic E-state index is 13.3. The Kier molecular flexibility index (Phi) is 5.68. The van der Waals surface area contributed by atoms with E-state index in [1.807, 2.05) is 6.07 Å². The molecule has 0 radical (unpaired) electrons. The first-order valence-electron chi connectivity index (χ1n) is 6.53. The Bertz CT molecular complexity index is 538. The van der Waals surface area contributed by atoms with Crippen LogP contribution in [0.15, 0.2) is 24.3 Å². The predicted octanol–water partition coefficient (Wildman–Crippen LogP) is 2.05. The van der Waals surface area contributed by atoms with Crippen LogP contribution in [0.4, 0.5) is 4.39 Å². The number of nitrogens with one attached hydrogen (secondary N) is 2.